The number of allylic oxidation sites excluding steroid dienone is 2. The molecule has 0 aliphatic carbocycles. The van der Waals surface area contributed by atoms with Crippen LogP contribution in [0, 0.1) is 5.82 Å². The van der Waals surface area contributed by atoms with Crippen LogP contribution in [-0.2, 0) is 4.79 Å². The molecule has 5 aromatic rings. The van der Waals surface area contributed by atoms with Crippen LogP contribution in [0.1, 0.15) is 55.3 Å². The van der Waals surface area contributed by atoms with Crippen molar-refractivity contribution in [2.24, 2.45) is 0 Å². The van der Waals surface area contributed by atoms with E-state index in [2.05, 4.69) is 35.9 Å². The average Bonchev–Trinajstić information content (AvgIpc) is 3.36. The van der Waals surface area contributed by atoms with Crippen molar-refractivity contribution in [3.63, 3.8) is 0 Å². The molecule has 8 heteroatoms. The number of nitrogens with two attached hydrogens (primary N) is 1. The summed E-state index contributed by atoms with van der Waals surface area (Å²) >= 11 is 0. The number of halogens is 1. The number of fused-ring (bicyclic) bond motifs is 2. The van der Waals surface area contributed by atoms with E-state index in [1.165, 1.54) is 24.0 Å². The summed E-state index contributed by atoms with van der Waals surface area (Å²) < 4.78 is 22.6. The van der Waals surface area contributed by atoms with Crippen molar-refractivity contribution in [1.82, 2.24) is 19.7 Å². The second kappa shape index (κ2) is 10.0. The molecule has 0 saturated carbocycles. The number of hydrogen-bond acceptors (Lipinski definition) is 6. The third kappa shape index (κ3) is 4.22. The highest BCUT2D eigenvalue weighted by molar-refractivity contribution is 5.98. The van der Waals surface area contributed by atoms with Crippen LogP contribution in [-0.4, -0.2) is 26.0 Å². The maximum absolute atomic E-state index is 14.4. The summed E-state index contributed by atoms with van der Waals surface area (Å²) in [5.74, 6) is 0.682. The zero-order valence-electron chi connectivity index (χ0n) is 22.4. The van der Waals surface area contributed by atoms with Gasteiger partial charge in [-0.05, 0) is 42.2 Å². The molecule has 7 nitrogen and oxygen atoms in total. The van der Waals surface area contributed by atoms with Crippen LogP contribution in [0.4, 0.5) is 10.2 Å². The van der Waals surface area contributed by atoms with Crippen molar-refractivity contribution in [3.8, 4) is 17.0 Å². The van der Waals surface area contributed by atoms with Gasteiger partial charge in [0.25, 0.3) is 0 Å². The Morgan fingerprint density at radius 1 is 0.975 bits per heavy atom. The van der Waals surface area contributed by atoms with Gasteiger partial charge in [0.15, 0.2) is 5.65 Å². The molecule has 2 atom stereocenters. The lowest BCUT2D eigenvalue weighted by Gasteiger charge is -2.31. The van der Waals surface area contributed by atoms with E-state index in [0.29, 0.717) is 51.1 Å². The van der Waals surface area contributed by atoms with Crippen LogP contribution in [0.15, 0.2) is 84.9 Å². The topological polar surface area (TPSA) is 95.9 Å². The van der Waals surface area contributed by atoms with E-state index in [0.717, 1.165) is 17.4 Å². The summed E-state index contributed by atoms with van der Waals surface area (Å²) in [6, 6.07) is 21.2. The predicted octanol–water partition coefficient (Wildman–Crippen LogP) is 6.69. The fourth-order valence-electron chi connectivity index (χ4n) is 5.35. The number of carbonyl (C=O) groups is 1. The Hall–Kier alpha value is -4.85. The molecule has 40 heavy (non-hydrogen) atoms. The molecule has 0 bridgehead atoms. The minimum Gasteiger partial charge on any atom is -0.459 e. The minimum absolute atomic E-state index is 0.311. The lowest BCUT2D eigenvalue weighted by molar-refractivity contribution is -0.108. The number of rotatable bonds is 6. The molecule has 2 N–H and O–H groups in total. The Balaban J connectivity index is 1.57. The first-order valence-corrected chi connectivity index (χ1v) is 13.2. The molecule has 1 aliphatic rings. The quantitative estimate of drug-likeness (QED) is 0.245. The maximum atomic E-state index is 14.4. The van der Waals surface area contributed by atoms with Crippen molar-refractivity contribution in [2.75, 3.05) is 5.73 Å². The maximum Gasteiger partial charge on any atom is 0.164 e. The van der Waals surface area contributed by atoms with Crippen LogP contribution in [0.5, 0.6) is 5.75 Å². The highest BCUT2D eigenvalue weighted by Crippen LogP contribution is 2.46. The summed E-state index contributed by atoms with van der Waals surface area (Å²) in [6.07, 6.45) is 2.28. The second-order valence-electron chi connectivity index (χ2n) is 10.2. The van der Waals surface area contributed by atoms with Gasteiger partial charge in [0.2, 0.25) is 0 Å². The van der Waals surface area contributed by atoms with E-state index in [9.17, 15) is 9.18 Å². The zero-order chi connectivity index (χ0) is 28.0. The molecule has 0 spiro atoms. The molecule has 3 heterocycles. The fourth-order valence-corrected chi connectivity index (χ4v) is 5.35. The number of aromatic nitrogens is 4. The summed E-state index contributed by atoms with van der Waals surface area (Å²) in [5, 5.41) is 5.61. The molecule has 2 aromatic heterocycles. The molecule has 0 amide bonds. The smallest absolute Gasteiger partial charge is 0.164 e. The lowest BCUT2D eigenvalue weighted by atomic mass is 9.83. The van der Waals surface area contributed by atoms with E-state index < -0.39 is 17.8 Å². The highest BCUT2D eigenvalue weighted by Gasteiger charge is 2.35. The number of benzene rings is 3. The van der Waals surface area contributed by atoms with E-state index in [4.69, 9.17) is 15.6 Å². The van der Waals surface area contributed by atoms with Crippen LogP contribution in [0.25, 0.3) is 27.9 Å². The Labute approximate surface area is 231 Å². The molecule has 1 aliphatic heterocycles. The van der Waals surface area contributed by atoms with Crippen LogP contribution >= 0.6 is 0 Å². The van der Waals surface area contributed by atoms with Gasteiger partial charge in [0, 0.05) is 16.7 Å². The summed E-state index contributed by atoms with van der Waals surface area (Å²) in [7, 11) is 0. The number of carbonyl (C=O) groups excluding carboxylic acids is 1. The third-order valence-electron chi connectivity index (χ3n) is 7.44. The van der Waals surface area contributed by atoms with Gasteiger partial charge in [-0.3, -0.25) is 0 Å². The number of anilines is 1. The van der Waals surface area contributed by atoms with Gasteiger partial charge in [-0.1, -0.05) is 68.4 Å². The summed E-state index contributed by atoms with van der Waals surface area (Å²) in [6.45, 7) is 6.21. The van der Waals surface area contributed by atoms with Crippen molar-refractivity contribution in [1.29, 1.82) is 0 Å². The van der Waals surface area contributed by atoms with Crippen LogP contribution < -0.4 is 10.5 Å². The zero-order valence-corrected chi connectivity index (χ0v) is 22.4. The number of ether oxygens (including phenoxy) is 1. The Kier molecular flexibility index (Phi) is 6.38. The first-order chi connectivity index (χ1) is 19.4. The van der Waals surface area contributed by atoms with E-state index in [1.54, 1.807) is 16.8 Å². The number of para-hydroxylation sites is 1. The molecular formula is C32H28FN5O2. The normalized spacial score (nSPS) is 15.7. The number of aldehydes is 1. The van der Waals surface area contributed by atoms with Gasteiger partial charge in [0.1, 0.15) is 47.5 Å². The first-order valence-electron chi connectivity index (χ1n) is 13.2. The number of nitrogens with zero attached hydrogens (tertiary/aromatic N) is 4. The van der Waals surface area contributed by atoms with Crippen LogP contribution in [0.2, 0.25) is 0 Å². The largest absolute Gasteiger partial charge is 0.459 e. The molecule has 2 unspecified atom stereocenters. The minimum atomic E-state index is -0.659. The third-order valence-corrected chi connectivity index (χ3v) is 7.44. The van der Waals surface area contributed by atoms with Crippen molar-refractivity contribution >= 4 is 28.7 Å². The lowest BCUT2D eigenvalue weighted by Crippen LogP contribution is -2.23. The van der Waals surface area contributed by atoms with Crippen molar-refractivity contribution in [3.05, 3.63) is 107 Å². The predicted molar refractivity (Wildman–Crippen MR) is 153 cm³/mol. The van der Waals surface area contributed by atoms with Gasteiger partial charge in [0.05, 0.1) is 11.3 Å². The van der Waals surface area contributed by atoms with E-state index in [1.807, 2.05) is 43.3 Å². The monoisotopic (exact) mass is 533 g/mol. The van der Waals surface area contributed by atoms with Gasteiger partial charge < -0.3 is 15.3 Å². The molecule has 200 valence electrons. The average molecular weight is 534 g/mol. The Morgan fingerprint density at radius 3 is 2.48 bits per heavy atom. The molecule has 3 aromatic carbocycles. The van der Waals surface area contributed by atoms with E-state index >= 15 is 0 Å². The fraction of sp³-hybridized carbons (Fsp3) is 0.188. The molecule has 6 rings (SSSR count). The molecule has 0 saturated heterocycles. The Bertz CT molecular complexity index is 1770. The standard InChI is InChI=1S/C32H28FN5O2/c1-18(2)20-11-13-21(14-12-20)29-28-31(34)35-17-36-32(28)38(37-29)19(3)30-27(22-7-6-8-23(33)15-22)25(16-39)24-9-4-5-10-26(24)40-30/h4-19,25H,1-3H3,(H2,34,35,36). The summed E-state index contributed by atoms with van der Waals surface area (Å²) in [4.78, 5) is 21.4. The SMILES string of the molecule is CC(C)c1ccc(-c2nn(C(C)C3=C(c4cccc(F)c4)C(C=O)c4ccccc4O3)c3ncnc(N)c23)cc1. The van der Waals surface area contributed by atoms with Crippen molar-refractivity contribution in [2.45, 2.75) is 38.6 Å². The number of nitrogen functional groups attached to an aromatic ring is 1. The van der Waals surface area contributed by atoms with E-state index in [-0.39, 0.29) is 0 Å². The highest BCUT2D eigenvalue weighted by atomic mass is 19.1. The number of hydrogen-bond donors (Lipinski definition) is 1. The molecule has 0 fully saturated rings. The van der Waals surface area contributed by atoms with Gasteiger partial charge >= 0.3 is 0 Å². The van der Waals surface area contributed by atoms with Crippen molar-refractivity contribution < 1.29 is 13.9 Å². The summed E-state index contributed by atoms with van der Waals surface area (Å²) in [5.41, 5.74) is 11.5. The molecular weight excluding hydrogens is 505 g/mol. The van der Waals surface area contributed by atoms with Gasteiger partial charge in [-0.15, -0.1) is 0 Å². The molecule has 0 radical (unpaired) electrons. The second-order valence-corrected chi connectivity index (χ2v) is 10.2. The van der Waals surface area contributed by atoms with Gasteiger partial charge in [-0.2, -0.15) is 5.10 Å². The van der Waals surface area contributed by atoms with Gasteiger partial charge in [-0.25, -0.2) is 19.0 Å². The Morgan fingerprint density at radius 2 is 1.75 bits per heavy atom. The van der Waals surface area contributed by atoms with Crippen LogP contribution in [0.3, 0.4) is 0 Å². The first kappa shape index (κ1) is 25.4.